The Morgan fingerprint density at radius 1 is 1.00 bits per heavy atom. The summed E-state index contributed by atoms with van der Waals surface area (Å²) in [5, 5.41) is 4.07. The molecule has 0 saturated heterocycles. The number of nitrogens with zero attached hydrogens (tertiary/aromatic N) is 1. The van der Waals surface area contributed by atoms with Gasteiger partial charge < -0.3 is 5.32 Å². The van der Waals surface area contributed by atoms with Crippen LogP contribution in [0.3, 0.4) is 0 Å². The minimum Gasteiger partial charge on any atom is -0.319 e. The summed E-state index contributed by atoms with van der Waals surface area (Å²) in [6.45, 7) is 0. The number of nitrogens with one attached hydrogen (secondary N) is 1. The minimum absolute atomic E-state index is 0.284. The van der Waals surface area contributed by atoms with Gasteiger partial charge in [0.1, 0.15) is 5.71 Å². The summed E-state index contributed by atoms with van der Waals surface area (Å²) in [6, 6.07) is 10.2. The van der Waals surface area contributed by atoms with Crippen LogP contribution in [0.1, 0.15) is 5.56 Å². The summed E-state index contributed by atoms with van der Waals surface area (Å²) >= 11 is 17.9. The molecule has 1 heterocycles. The smallest absolute Gasteiger partial charge is 0.275 e. The van der Waals surface area contributed by atoms with Crippen molar-refractivity contribution in [1.82, 2.24) is 0 Å². The minimum atomic E-state index is -0.306. The predicted molar refractivity (Wildman–Crippen MR) is 82.7 cm³/mol. The summed E-state index contributed by atoms with van der Waals surface area (Å²) in [5.74, 6) is -0.306. The SMILES string of the molecule is O=C1Nc2c(Cl)cccc2C1=Nc1ccc(Cl)cc1Cl. The molecule has 0 aromatic heterocycles. The van der Waals surface area contributed by atoms with E-state index in [1.807, 2.05) is 0 Å². The summed E-state index contributed by atoms with van der Waals surface area (Å²) in [4.78, 5) is 16.3. The molecule has 2 aromatic carbocycles. The van der Waals surface area contributed by atoms with Crippen molar-refractivity contribution in [2.75, 3.05) is 5.32 Å². The van der Waals surface area contributed by atoms with Gasteiger partial charge in [0.05, 0.1) is 21.4 Å². The average Bonchev–Trinajstić information content (AvgIpc) is 2.71. The average molecular weight is 326 g/mol. The quantitative estimate of drug-likeness (QED) is 0.810. The maximum absolute atomic E-state index is 12.0. The van der Waals surface area contributed by atoms with Crippen LogP contribution in [0.15, 0.2) is 41.4 Å². The number of halogens is 3. The Hall–Kier alpha value is -1.55. The molecule has 0 aliphatic carbocycles. The van der Waals surface area contributed by atoms with Gasteiger partial charge in [0.2, 0.25) is 0 Å². The van der Waals surface area contributed by atoms with Gasteiger partial charge in [0.15, 0.2) is 0 Å². The first-order valence-corrected chi connectivity index (χ1v) is 6.83. The second-order valence-corrected chi connectivity index (χ2v) is 5.42. The highest BCUT2D eigenvalue weighted by Crippen LogP contribution is 2.34. The number of hydrogen-bond donors (Lipinski definition) is 1. The lowest BCUT2D eigenvalue weighted by atomic mass is 10.1. The van der Waals surface area contributed by atoms with Crippen molar-refractivity contribution in [2.24, 2.45) is 4.99 Å². The van der Waals surface area contributed by atoms with Gasteiger partial charge in [0.25, 0.3) is 5.91 Å². The molecule has 0 atom stereocenters. The van der Waals surface area contributed by atoms with E-state index in [1.165, 1.54) is 0 Å². The molecule has 0 radical (unpaired) electrons. The van der Waals surface area contributed by atoms with E-state index >= 15 is 0 Å². The first-order chi connectivity index (χ1) is 9.56. The first-order valence-electron chi connectivity index (χ1n) is 5.70. The van der Waals surface area contributed by atoms with E-state index in [0.29, 0.717) is 32.0 Å². The molecule has 1 aliphatic rings. The number of aliphatic imine (C=N–C) groups is 1. The molecule has 2 aromatic rings. The molecule has 1 N–H and O–H groups in total. The molecule has 0 fully saturated rings. The van der Waals surface area contributed by atoms with Crippen LogP contribution in [0, 0.1) is 0 Å². The molecule has 6 heteroatoms. The Labute approximate surface area is 130 Å². The Morgan fingerprint density at radius 2 is 1.80 bits per heavy atom. The molecule has 0 bridgehead atoms. The topological polar surface area (TPSA) is 41.5 Å². The van der Waals surface area contributed by atoms with Crippen molar-refractivity contribution in [3.63, 3.8) is 0 Å². The summed E-state index contributed by atoms with van der Waals surface area (Å²) in [5.41, 5.74) is 2.00. The van der Waals surface area contributed by atoms with Gasteiger partial charge in [-0.15, -0.1) is 0 Å². The van der Waals surface area contributed by atoms with E-state index in [4.69, 9.17) is 34.8 Å². The number of carbonyl (C=O) groups is 1. The number of amides is 1. The third-order valence-corrected chi connectivity index (χ3v) is 3.72. The molecule has 0 unspecified atom stereocenters. The van der Waals surface area contributed by atoms with E-state index < -0.39 is 0 Å². The molecule has 100 valence electrons. The Kier molecular flexibility index (Phi) is 3.42. The number of para-hydroxylation sites is 1. The highest BCUT2D eigenvalue weighted by molar-refractivity contribution is 6.56. The zero-order valence-corrected chi connectivity index (χ0v) is 12.2. The lowest BCUT2D eigenvalue weighted by Crippen LogP contribution is -2.13. The molecule has 0 spiro atoms. The number of benzene rings is 2. The molecule has 20 heavy (non-hydrogen) atoms. The van der Waals surface area contributed by atoms with E-state index in [1.54, 1.807) is 36.4 Å². The molecule has 0 saturated carbocycles. The van der Waals surface area contributed by atoms with Crippen LogP contribution in [0.2, 0.25) is 15.1 Å². The monoisotopic (exact) mass is 324 g/mol. The lowest BCUT2D eigenvalue weighted by molar-refractivity contribution is -0.110. The van der Waals surface area contributed by atoms with E-state index in [-0.39, 0.29) is 11.6 Å². The van der Waals surface area contributed by atoms with Crippen molar-refractivity contribution in [3.8, 4) is 0 Å². The van der Waals surface area contributed by atoms with Crippen molar-refractivity contribution in [1.29, 1.82) is 0 Å². The maximum Gasteiger partial charge on any atom is 0.275 e. The van der Waals surface area contributed by atoms with Crippen molar-refractivity contribution < 1.29 is 4.79 Å². The van der Waals surface area contributed by atoms with Crippen LogP contribution in [0.25, 0.3) is 0 Å². The maximum atomic E-state index is 12.0. The molecular formula is C14H7Cl3N2O. The molecular weight excluding hydrogens is 319 g/mol. The van der Waals surface area contributed by atoms with Gasteiger partial charge in [0, 0.05) is 10.6 Å². The number of rotatable bonds is 1. The van der Waals surface area contributed by atoms with Crippen molar-refractivity contribution in [3.05, 3.63) is 57.0 Å². The second kappa shape index (κ2) is 5.09. The fourth-order valence-corrected chi connectivity index (χ4v) is 2.62. The van der Waals surface area contributed by atoms with Gasteiger partial charge in [-0.25, -0.2) is 4.99 Å². The lowest BCUT2D eigenvalue weighted by Gasteiger charge is -2.01. The van der Waals surface area contributed by atoms with Crippen LogP contribution in [-0.4, -0.2) is 11.6 Å². The fraction of sp³-hybridized carbons (Fsp3) is 0. The van der Waals surface area contributed by atoms with Crippen LogP contribution in [0.4, 0.5) is 11.4 Å². The summed E-state index contributed by atoms with van der Waals surface area (Å²) in [7, 11) is 0. The third kappa shape index (κ3) is 2.29. The zero-order valence-electron chi connectivity index (χ0n) is 9.95. The normalized spacial score (nSPS) is 15.3. The van der Waals surface area contributed by atoms with Crippen molar-refractivity contribution in [2.45, 2.75) is 0 Å². The first kappa shape index (κ1) is 13.4. The largest absolute Gasteiger partial charge is 0.319 e. The Morgan fingerprint density at radius 3 is 2.55 bits per heavy atom. The van der Waals surface area contributed by atoms with E-state index in [2.05, 4.69) is 10.3 Å². The highest BCUT2D eigenvalue weighted by atomic mass is 35.5. The summed E-state index contributed by atoms with van der Waals surface area (Å²) < 4.78 is 0. The van der Waals surface area contributed by atoms with E-state index in [9.17, 15) is 4.79 Å². The van der Waals surface area contributed by atoms with Gasteiger partial charge >= 0.3 is 0 Å². The second-order valence-electron chi connectivity index (χ2n) is 4.17. The zero-order chi connectivity index (χ0) is 14.3. The molecule has 3 nitrogen and oxygen atoms in total. The van der Waals surface area contributed by atoms with Gasteiger partial charge in [-0.05, 0) is 24.3 Å². The number of anilines is 1. The molecule has 1 aliphatic heterocycles. The Bertz CT molecular complexity index is 756. The van der Waals surface area contributed by atoms with Crippen LogP contribution >= 0.6 is 34.8 Å². The Balaban J connectivity index is 2.14. The number of carbonyl (C=O) groups excluding carboxylic acids is 1. The summed E-state index contributed by atoms with van der Waals surface area (Å²) in [6.07, 6.45) is 0. The molecule has 1 amide bonds. The highest BCUT2D eigenvalue weighted by Gasteiger charge is 2.27. The van der Waals surface area contributed by atoms with Gasteiger partial charge in [-0.1, -0.05) is 46.9 Å². The number of fused-ring (bicyclic) bond motifs is 1. The van der Waals surface area contributed by atoms with Crippen molar-refractivity contribution >= 4 is 57.8 Å². The van der Waals surface area contributed by atoms with Crippen LogP contribution < -0.4 is 5.32 Å². The molecule has 3 rings (SSSR count). The number of hydrogen-bond acceptors (Lipinski definition) is 2. The van der Waals surface area contributed by atoms with E-state index in [0.717, 1.165) is 0 Å². The van der Waals surface area contributed by atoms with Gasteiger partial charge in [-0.3, -0.25) is 4.79 Å². The third-order valence-electron chi connectivity index (χ3n) is 2.86. The van der Waals surface area contributed by atoms with Gasteiger partial charge in [-0.2, -0.15) is 0 Å². The van der Waals surface area contributed by atoms with Crippen LogP contribution in [-0.2, 0) is 4.79 Å². The predicted octanol–water partition coefficient (Wildman–Crippen LogP) is 4.72. The van der Waals surface area contributed by atoms with Crippen LogP contribution in [0.5, 0.6) is 0 Å². The standard InChI is InChI=1S/C14H7Cl3N2O/c15-7-4-5-11(10(17)6-7)18-13-8-2-1-3-9(16)12(8)19-14(13)20/h1-6H,(H,18,19,20). The fourth-order valence-electron chi connectivity index (χ4n) is 1.95.